The number of rotatable bonds is 7. The molecule has 0 unspecified atom stereocenters. The molecule has 3 rings (SSSR count). The fraction of sp³-hybridized carbons (Fsp3) is 0.318. The van der Waals surface area contributed by atoms with Crippen molar-refractivity contribution in [1.29, 1.82) is 0 Å². The molecule has 0 spiro atoms. The summed E-state index contributed by atoms with van der Waals surface area (Å²) < 4.78 is 25.8. The van der Waals surface area contributed by atoms with Gasteiger partial charge in [0.05, 0.1) is 25.3 Å². The van der Waals surface area contributed by atoms with E-state index in [0.29, 0.717) is 11.5 Å². The Morgan fingerprint density at radius 3 is 2.10 bits per heavy atom. The van der Waals surface area contributed by atoms with Gasteiger partial charge in [-0.25, -0.2) is 14.4 Å². The minimum absolute atomic E-state index is 0.154. The number of methoxy groups -OCH3 is 2. The zero-order chi connectivity index (χ0) is 22.6. The molecule has 31 heavy (non-hydrogen) atoms. The number of hydrogen-bond acceptors (Lipinski definition) is 9. The van der Waals surface area contributed by atoms with Gasteiger partial charge in [0.15, 0.2) is 17.8 Å². The summed E-state index contributed by atoms with van der Waals surface area (Å²) >= 11 is 0. The molecule has 1 fully saturated rings. The molecule has 1 saturated heterocycles. The third-order valence-electron chi connectivity index (χ3n) is 4.79. The van der Waals surface area contributed by atoms with Crippen LogP contribution in [0.25, 0.3) is 0 Å². The molecule has 1 N–H and O–H groups in total. The predicted octanol–water partition coefficient (Wildman–Crippen LogP) is 1.76. The highest BCUT2D eigenvalue weighted by Gasteiger charge is 2.56. The number of hydrogen-bond donors (Lipinski definition) is 1. The molecular weight excluding hydrogens is 408 g/mol. The second kappa shape index (κ2) is 9.05. The van der Waals surface area contributed by atoms with Gasteiger partial charge >= 0.3 is 17.9 Å². The maximum absolute atomic E-state index is 12.6. The Kier molecular flexibility index (Phi) is 6.45. The largest absolute Gasteiger partial charge is 0.497 e. The first kappa shape index (κ1) is 22.1. The van der Waals surface area contributed by atoms with E-state index in [0.717, 1.165) is 0 Å². The Hall–Kier alpha value is -3.59. The molecule has 0 bridgehead atoms. The van der Waals surface area contributed by atoms with E-state index >= 15 is 0 Å². The van der Waals surface area contributed by atoms with Crippen LogP contribution in [0.4, 0.5) is 0 Å². The van der Waals surface area contributed by atoms with Crippen LogP contribution in [0.15, 0.2) is 48.5 Å². The molecule has 0 saturated carbocycles. The minimum Gasteiger partial charge on any atom is -0.497 e. The van der Waals surface area contributed by atoms with Gasteiger partial charge < -0.3 is 28.8 Å². The van der Waals surface area contributed by atoms with E-state index in [4.69, 9.17) is 23.7 Å². The number of benzene rings is 2. The molecule has 2 aromatic carbocycles. The van der Waals surface area contributed by atoms with Crippen LogP contribution in [-0.2, 0) is 19.0 Å². The van der Waals surface area contributed by atoms with E-state index in [1.54, 1.807) is 24.3 Å². The standard InChI is InChI=1S/C22H22O9/c1-22(26)18(31-20(24)14-7-5-9-16(11-14)28-3)17(30-21(22)25)12-29-19(23)13-6-4-8-15(10-13)27-2/h4-11,17-18,26H,12H2,1-3H3/t17-,18-,22-/m1/s1. The van der Waals surface area contributed by atoms with Gasteiger partial charge in [-0.1, -0.05) is 12.1 Å². The summed E-state index contributed by atoms with van der Waals surface area (Å²) in [5, 5.41) is 10.5. The molecule has 164 valence electrons. The van der Waals surface area contributed by atoms with Crippen molar-refractivity contribution in [3.05, 3.63) is 59.7 Å². The van der Waals surface area contributed by atoms with Crippen molar-refractivity contribution >= 4 is 17.9 Å². The van der Waals surface area contributed by atoms with Gasteiger partial charge in [0.25, 0.3) is 0 Å². The summed E-state index contributed by atoms with van der Waals surface area (Å²) in [6.45, 7) is 0.747. The van der Waals surface area contributed by atoms with Crippen molar-refractivity contribution in [2.75, 3.05) is 20.8 Å². The third-order valence-corrected chi connectivity index (χ3v) is 4.79. The zero-order valence-electron chi connectivity index (χ0n) is 17.2. The van der Waals surface area contributed by atoms with Crippen LogP contribution in [0.2, 0.25) is 0 Å². The number of esters is 3. The molecule has 0 amide bonds. The first-order valence-electron chi connectivity index (χ1n) is 9.36. The highest BCUT2D eigenvalue weighted by atomic mass is 16.6. The van der Waals surface area contributed by atoms with Gasteiger partial charge in [0, 0.05) is 0 Å². The number of aliphatic hydroxyl groups is 1. The van der Waals surface area contributed by atoms with E-state index in [1.165, 1.54) is 45.4 Å². The first-order valence-corrected chi connectivity index (χ1v) is 9.36. The molecule has 9 nitrogen and oxygen atoms in total. The Morgan fingerprint density at radius 1 is 1.00 bits per heavy atom. The van der Waals surface area contributed by atoms with E-state index in [9.17, 15) is 19.5 Å². The Labute approximate surface area is 178 Å². The van der Waals surface area contributed by atoms with Gasteiger partial charge in [-0.15, -0.1) is 0 Å². The number of cyclic esters (lactones) is 1. The quantitative estimate of drug-likeness (QED) is 0.518. The Balaban J connectivity index is 1.72. The normalized spacial score (nSPS) is 22.4. The number of ether oxygens (including phenoxy) is 5. The summed E-state index contributed by atoms with van der Waals surface area (Å²) in [4.78, 5) is 37.0. The fourth-order valence-corrected chi connectivity index (χ4v) is 3.03. The summed E-state index contributed by atoms with van der Waals surface area (Å²) in [6, 6.07) is 12.5. The monoisotopic (exact) mass is 430 g/mol. The molecule has 0 radical (unpaired) electrons. The van der Waals surface area contributed by atoms with Crippen LogP contribution < -0.4 is 9.47 Å². The molecule has 9 heteroatoms. The highest BCUT2D eigenvalue weighted by Crippen LogP contribution is 2.30. The zero-order valence-corrected chi connectivity index (χ0v) is 17.2. The van der Waals surface area contributed by atoms with Gasteiger partial charge in [0.1, 0.15) is 18.1 Å². The topological polar surface area (TPSA) is 118 Å². The number of carbonyl (C=O) groups is 3. The van der Waals surface area contributed by atoms with Crippen LogP contribution in [-0.4, -0.2) is 61.6 Å². The molecule has 2 aromatic rings. The van der Waals surface area contributed by atoms with Crippen LogP contribution >= 0.6 is 0 Å². The molecule has 0 aromatic heterocycles. The molecule has 1 aliphatic heterocycles. The summed E-state index contributed by atoms with van der Waals surface area (Å²) in [5.41, 5.74) is -1.73. The van der Waals surface area contributed by atoms with Crippen LogP contribution in [0.5, 0.6) is 11.5 Å². The van der Waals surface area contributed by atoms with E-state index < -0.39 is 42.3 Å². The molecule has 1 heterocycles. The third kappa shape index (κ3) is 4.77. The molecule has 1 aliphatic rings. The van der Waals surface area contributed by atoms with Gasteiger partial charge in [-0.3, -0.25) is 0 Å². The van der Waals surface area contributed by atoms with E-state index in [-0.39, 0.29) is 11.1 Å². The summed E-state index contributed by atoms with van der Waals surface area (Å²) in [5.74, 6) is -1.58. The lowest BCUT2D eigenvalue weighted by atomic mass is 9.98. The first-order chi connectivity index (χ1) is 14.8. The smallest absolute Gasteiger partial charge is 0.342 e. The van der Waals surface area contributed by atoms with E-state index in [2.05, 4.69) is 0 Å². The van der Waals surface area contributed by atoms with Crippen molar-refractivity contribution in [2.24, 2.45) is 0 Å². The molecule has 0 aliphatic carbocycles. The second-order valence-corrected chi connectivity index (χ2v) is 6.98. The van der Waals surface area contributed by atoms with Crippen molar-refractivity contribution in [1.82, 2.24) is 0 Å². The van der Waals surface area contributed by atoms with Crippen molar-refractivity contribution < 1.29 is 43.2 Å². The predicted molar refractivity (Wildman–Crippen MR) is 106 cm³/mol. The van der Waals surface area contributed by atoms with Crippen LogP contribution in [0.3, 0.4) is 0 Å². The van der Waals surface area contributed by atoms with Crippen LogP contribution in [0, 0.1) is 0 Å². The summed E-state index contributed by atoms with van der Waals surface area (Å²) in [6.07, 6.45) is -2.58. The van der Waals surface area contributed by atoms with Gasteiger partial charge in [0.2, 0.25) is 0 Å². The minimum atomic E-state index is -2.11. The van der Waals surface area contributed by atoms with Gasteiger partial charge in [-0.2, -0.15) is 0 Å². The lowest BCUT2D eigenvalue weighted by Crippen LogP contribution is -2.47. The average Bonchev–Trinajstić information content (AvgIpc) is 3.00. The highest BCUT2D eigenvalue weighted by molar-refractivity contribution is 5.91. The van der Waals surface area contributed by atoms with Gasteiger partial charge in [-0.05, 0) is 43.3 Å². The SMILES string of the molecule is COc1cccc(C(=O)OC[C@H]2OC(=O)[C@](C)(O)[C@@H]2OC(=O)c2cccc(OC)c2)c1. The van der Waals surface area contributed by atoms with Crippen molar-refractivity contribution in [2.45, 2.75) is 24.7 Å². The van der Waals surface area contributed by atoms with E-state index in [1.807, 2.05) is 0 Å². The average molecular weight is 430 g/mol. The maximum atomic E-state index is 12.6. The molecular formula is C22H22O9. The molecule has 3 atom stereocenters. The lowest BCUT2D eigenvalue weighted by molar-refractivity contribution is -0.155. The van der Waals surface area contributed by atoms with Crippen LogP contribution in [0.1, 0.15) is 27.6 Å². The number of carbonyl (C=O) groups excluding carboxylic acids is 3. The fourth-order valence-electron chi connectivity index (χ4n) is 3.03. The lowest BCUT2D eigenvalue weighted by Gasteiger charge is -2.24. The Bertz CT molecular complexity index is 982. The Morgan fingerprint density at radius 2 is 1.55 bits per heavy atom. The second-order valence-electron chi connectivity index (χ2n) is 6.98. The maximum Gasteiger partial charge on any atom is 0.342 e. The summed E-state index contributed by atoms with van der Waals surface area (Å²) in [7, 11) is 2.91. The van der Waals surface area contributed by atoms with Crippen molar-refractivity contribution in [3.63, 3.8) is 0 Å². The van der Waals surface area contributed by atoms with Crippen molar-refractivity contribution in [3.8, 4) is 11.5 Å².